The molecule has 6 aliphatic rings. The number of hydrogen-bond donors (Lipinski definition) is 2. The van der Waals surface area contributed by atoms with Crippen molar-refractivity contribution < 1.29 is 15.0 Å². The van der Waals surface area contributed by atoms with Crippen molar-refractivity contribution in [3.63, 3.8) is 0 Å². The SMILES string of the molecule is CC1=CCCC2(C)C(CCC2(O)CN2CCCN3CCCN=C32)c2ccc(cc2C(=O)C2CCCCC2)CC(O)CC1. The number of ketones is 1. The molecule has 4 aliphatic carbocycles. The third-order valence-electron chi connectivity index (χ3n) is 11.6. The molecule has 4 atom stereocenters. The lowest BCUT2D eigenvalue weighted by atomic mass is 9.64. The smallest absolute Gasteiger partial charge is 0.196 e. The minimum absolute atomic E-state index is 0.0947. The molecule has 1 aromatic carbocycles. The van der Waals surface area contributed by atoms with Crippen LogP contribution in [0.25, 0.3) is 0 Å². The van der Waals surface area contributed by atoms with E-state index in [1.165, 1.54) is 12.0 Å². The summed E-state index contributed by atoms with van der Waals surface area (Å²) in [5.74, 6) is 1.58. The summed E-state index contributed by atoms with van der Waals surface area (Å²) < 4.78 is 0. The molecule has 230 valence electrons. The Balaban J connectivity index is 1.39. The number of guanidine groups is 1. The van der Waals surface area contributed by atoms with Crippen LogP contribution in [-0.2, 0) is 6.42 Å². The Morgan fingerprint density at radius 3 is 2.67 bits per heavy atom. The number of carbonyl (C=O) groups is 1. The van der Waals surface area contributed by atoms with Crippen LogP contribution in [0.1, 0.15) is 125 Å². The number of fused-ring (bicyclic) bond motifs is 9. The van der Waals surface area contributed by atoms with Crippen LogP contribution in [0.4, 0.5) is 0 Å². The number of nitrogens with zero attached hydrogens (tertiary/aromatic N) is 3. The molecule has 0 radical (unpaired) electrons. The van der Waals surface area contributed by atoms with Gasteiger partial charge in [0, 0.05) is 43.1 Å². The zero-order valence-electron chi connectivity index (χ0n) is 26.1. The van der Waals surface area contributed by atoms with Crippen molar-refractivity contribution in [3.8, 4) is 0 Å². The van der Waals surface area contributed by atoms with Crippen LogP contribution >= 0.6 is 0 Å². The first-order valence-electron chi connectivity index (χ1n) is 17.0. The van der Waals surface area contributed by atoms with Gasteiger partial charge in [0.15, 0.2) is 11.7 Å². The second-order valence-electron chi connectivity index (χ2n) is 14.4. The molecule has 2 heterocycles. The summed E-state index contributed by atoms with van der Waals surface area (Å²) in [5, 5.41) is 23.7. The number of aliphatic imine (C=N–C) groups is 1. The van der Waals surface area contributed by atoms with Gasteiger partial charge in [0.1, 0.15) is 0 Å². The summed E-state index contributed by atoms with van der Waals surface area (Å²) in [5.41, 5.74) is 3.13. The maximum absolute atomic E-state index is 14.2. The molecule has 2 N–H and O–H groups in total. The molecule has 0 amide bonds. The number of carbonyl (C=O) groups excluding carboxylic acids is 1. The molecule has 6 heteroatoms. The van der Waals surface area contributed by atoms with Gasteiger partial charge < -0.3 is 20.0 Å². The predicted molar refractivity (Wildman–Crippen MR) is 169 cm³/mol. The molecule has 42 heavy (non-hydrogen) atoms. The summed E-state index contributed by atoms with van der Waals surface area (Å²) in [7, 11) is 0. The van der Waals surface area contributed by atoms with Crippen molar-refractivity contribution in [2.24, 2.45) is 16.3 Å². The first-order valence-corrected chi connectivity index (χ1v) is 17.0. The number of hydrogen-bond acceptors (Lipinski definition) is 6. The Morgan fingerprint density at radius 1 is 1.02 bits per heavy atom. The summed E-state index contributed by atoms with van der Waals surface area (Å²) in [6.45, 7) is 9.04. The number of β-amino-alcohol motifs (C(OH)–C–C–N with tert-alkyl or cyclic N) is 1. The molecule has 2 saturated carbocycles. The zero-order valence-corrected chi connectivity index (χ0v) is 26.1. The fourth-order valence-electron chi connectivity index (χ4n) is 8.97. The predicted octanol–water partition coefficient (Wildman–Crippen LogP) is 6.26. The zero-order chi connectivity index (χ0) is 29.3. The topological polar surface area (TPSA) is 76.4 Å². The van der Waals surface area contributed by atoms with Gasteiger partial charge in [0.05, 0.1) is 18.2 Å². The summed E-state index contributed by atoms with van der Waals surface area (Å²) in [4.78, 5) is 24.0. The van der Waals surface area contributed by atoms with Gasteiger partial charge in [-0.25, -0.2) is 0 Å². The molecule has 0 aromatic heterocycles. The molecule has 0 spiro atoms. The molecule has 3 fully saturated rings. The minimum atomic E-state index is -0.876. The van der Waals surface area contributed by atoms with Gasteiger partial charge in [-0.3, -0.25) is 9.79 Å². The lowest BCUT2D eigenvalue weighted by Gasteiger charge is -2.49. The van der Waals surface area contributed by atoms with Crippen molar-refractivity contribution >= 4 is 11.7 Å². The lowest BCUT2D eigenvalue weighted by molar-refractivity contribution is -0.0772. The number of rotatable bonds is 4. The summed E-state index contributed by atoms with van der Waals surface area (Å²) in [6.07, 6.45) is 15.2. The third kappa shape index (κ3) is 5.83. The minimum Gasteiger partial charge on any atom is -0.393 e. The second kappa shape index (κ2) is 12.4. The number of benzene rings is 1. The summed E-state index contributed by atoms with van der Waals surface area (Å²) >= 11 is 0. The van der Waals surface area contributed by atoms with Crippen LogP contribution in [-0.4, -0.2) is 76.2 Å². The first kappa shape index (κ1) is 29.9. The Morgan fingerprint density at radius 2 is 1.83 bits per heavy atom. The standard InChI is InChI=1S/C36H53N3O3/c1-26-9-6-17-35(2)32(16-18-36(35,42)25-39-22-8-21-38-20-7-19-37-34(38)39)30-15-13-27(23-29(40)14-12-26)24-31(30)33(41)28-10-4-3-5-11-28/h9,13,15,24,28-29,32,40,42H,3-8,10-12,14,16-23,25H2,1-2H3. The largest absolute Gasteiger partial charge is 0.393 e. The second-order valence-corrected chi connectivity index (χ2v) is 14.4. The van der Waals surface area contributed by atoms with Crippen molar-refractivity contribution in [3.05, 3.63) is 46.5 Å². The van der Waals surface area contributed by atoms with Crippen LogP contribution < -0.4 is 0 Å². The van der Waals surface area contributed by atoms with Gasteiger partial charge in [0.2, 0.25) is 0 Å². The fourth-order valence-corrected chi connectivity index (χ4v) is 8.97. The molecular weight excluding hydrogens is 522 g/mol. The highest BCUT2D eigenvalue weighted by atomic mass is 16.3. The van der Waals surface area contributed by atoms with Crippen molar-refractivity contribution in [1.82, 2.24) is 9.80 Å². The van der Waals surface area contributed by atoms with E-state index in [2.05, 4.69) is 47.9 Å². The normalized spacial score (nSPS) is 33.0. The first-order chi connectivity index (χ1) is 20.3. The van der Waals surface area contributed by atoms with Gasteiger partial charge in [-0.05, 0) is 101 Å². The Hall–Kier alpha value is -2.18. The van der Waals surface area contributed by atoms with Crippen LogP contribution in [0.15, 0.2) is 34.8 Å². The van der Waals surface area contributed by atoms with Crippen molar-refractivity contribution in [2.45, 2.75) is 121 Å². The molecule has 7 rings (SSSR count). The summed E-state index contributed by atoms with van der Waals surface area (Å²) in [6, 6.07) is 6.48. The highest BCUT2D eigenvalue weighted by Crippen LogP contribution is 2.59. The number of Topliss-reactive ketones (excluding diaryl/α,β-unsaturated/α-hetero) is 1. The van der Waals surface area contributed by atoms with Crippen molar-refractivity contribution in [1.29, 1.82) is 0 Å². The van der Waals surface area contributed by atoms with E-state index in [1.54, 1.807) is 0 Å². The Labute approximate surface area is 253 Å². The highest BCUT2D eigenvalue weighted by molar-refractivity contribution is 5.99. The van der Waals surface area contributed by atoms with Gasteiger partial charge in [-0.2, -0.15) is 0 Å². The quantitative estimate of drug-likeness (QED) is 0.328. The Bertz CT molecular complexity index is 1200. The molecule has 2 aliphatic heterocycles. The van der Waals surface area contributed by atoms with Gasteiger partial charge >= 0.3 is 0 Å². The molecular formula is C36H53N3O3. The van der Waals surface area contributed by atoms with Crippen LogP contribution in [0.3, 0.4) is 0 Å². The van der Waals surface area contributed by atoms with Crippen LogP contribution in [0.5, 0.6) is 0 Å². The van der Waals surface area contributed by atoms with E-state index in [0.717, 1.165) is 126 Å². The van der Waals surface area contributed by atoms with Gasteiger partial charge in [-0.1, -0.05) is 50.0 Å². The van der Waals surface area contributed by atoms with Crippen LogP contribution in [0, 0.1) is 11.3 Å². The number of allylic oxidation sites excluding steroid dienone is 2. The van der Waals surface area contributed by atoms with Gasteiger partial charge in [-0.15, -0.1) is 0 Å². The Kier molecular flexibility index (Phi) is 8.85. The fraction of sp³-hybridized carbons (Fsp3) is 0.722. The maximum atomic E-state index is 14.2. The molecule has 1 aromatic rings. The van der Waals surface area contributed by atoms with E-state index in [0.29, 0.717) is 18.7 Å². The molecule has 6 nitrogen and oxygen atoms in total. The van der Waals surface area contributed by atoms with Crippen molar-refractivity contribution in [2.75, 3.05) is 32.7 Å². The monoisotopic (exact) mass is 575 g/mol. The molecule has 1 saturated heterocycles. The molecule has 4 unspecified atom stereocenters. The highest BCUT2D eigenvalue weighted by Gasteiger charge is 2.58. The van der Waals surface area contributed by atoms with E-state index in [9.17, 15) is 15.0 Å². The third-order valence-corrected chi connectivity index (χ3v) is 11.6. The average Bonchev–Trinajstić information content (AvgIpc) is 3.25. The van der Waals surface area contributed by atoms with Crippen LogP contribution in [0.2, 0.25) is 0 Å². The number of aliphatic hydroxyl groups is 2. The van der Waals surface area contributed by atoms with E-state index in [-0.39, 0.29) is 17.3 Å². The van der Waals surface area contributed by atoms with Gasteiger partial charge in [0.25, 0.3) is 0 Å². The average molecular weight is 576 g/mol. The van der Waals surface area contributed by atoms with E-state index >= 15 is 0 Å². The lowest BCUT2D eigenvalue weighted by Crippen LogP contribution is -2.59. The van der Waals surface area contributed by atoms with E-state index < -0.39 is 11.7 Å². The van der Waals surface area contributed by atoms with E-state index in [1.807, 2.05) is 0 Å². The maximum Gasteiger partial charge on any atom is 0.196 e. The van der Waals surface area contributed by atoms with E-state index in [4.69, 9.17) is 4.99 Å². The molecule has 2 bridgehead atoms. The number of aliphatic hydroxyl groups excluding tert-OH is 1.